The maximum absolute atomic E-state index is 5.99. The van der Waals surface area contributed by atoms with Crippen LogP contribution in [0.3, 0.4) is 0 Å². The van der Waals surface area contributed by atoms with Crippen molar-refractivity contribution in [2.75, 3.05) is 0 Å². The van der Waals surface area contributed by atoms with Gasteiger partial charge in [0.25, 0.3) is 0 Å². The van der Waals surface area contributed by atoms with Gasteiger partial charge in [-0.3, -0.25) is 9.97 Å². The number of nitrogens with two attached hydrogens (primary N) is 1. The smallest absolute Gasteiger partial charge is 0.0726 e. The van der Waals surface area contributed by atoms with Crippen LogP contribution < -0.4 is 5.73 Å². The van der Waals surface area contributed by atoms with E-state index in [0.29, 0.717) is 5.02 Å². The fourth-order valence-electron chi connectivity index (χ4n) is 1.79. The molecule has 2 aromatic heterocycles. The first-order chi connectivity index (χ1) is 8.61. The number of rotatable bonds is 2. The SMILES string of the molecule is Cc1cccc(/C(=C/N)c2cc(Cl)cnc2C)n1. The van der Waals surface area contributed by atoms with Gasteiger partial charge in [-0.05, 0) is 32.0 Å². The third-order valence-corrected chi connectivity index (χ3v) is 2.88. The lowest BCUT2D eigenvalue weighted by Crippen LogP contribution is -1.99. The molecule has 92 valence electrons. The van der Waals surface area contributed by atoms with E-state index >= 15 is 0 Å². The molecule has 18 heavy (non-hydrogen) atoms. The van der Waals surface area contributed by atoms with Crippen molar-refractivity contribution >= 4 is 17.2 Å². The van der Waals surface area contributed by atoms with E-state index in [2.05, 4.69) is 9.97 Å². The van der Waals surface area contributed by atoms with Gasteiger partial charge in [0.05, 0.1) is 10.7 Å². The molecule has 0 aromatic carbocycles. The summed E-state index contributed by atoms with van der Waals surface area (Å²) in [4.78, 5) is 8.71. The molecule has 0 saturated heterocycles. The highest BCUT2D eigenvalue weighted by molar-refractivity contribution is 6.30. The Balaban J connectivity index is 2.56. The van der Waals surface area contributed by atoms with Gasteiger partial charge in [-0.15, -0.1) is 0 Å². The Morgan fingerprint density at radius 2 is 2.11 bits per heavy atom. The average Bonchev–Trinajstić information content (AvgIpc) is 2.35. The minimum absolute atomic E-state index is 0.586. The monoisotopic (exact) mass is 259 g/mol. The molecule has 0 aliphatic rings. The summed E-state index contributed by atoms with van der Waals surface area (Å²) >= 11 is 5.99. The van der Waals surface area contributed by atoms with E-state index in [4.69, 9.17) is 17.3 Å². The van der Waals surface area contributed by atoms with Crippen LogP contribution in [-0.2, 0) is 0 Å². The molecule has 2 N–H and O–H groups in total. The highest BCUT2D eigenvalue weighted by Gasteiger charge is 2.10. The normalized spacial score (nSPS) is 11.6. The van der Waals surface area contributed by atoms with Crippen molar-refractivity contribution in [3.05, 3.63) is 64.3 Å². The first kappa shape index (κ1) is 12.6. The van der Waals surface area contributed by atoms with Crippen LogP contribution in [0.25, 0.3) is 5.57 Å². The maximum Gasteiger partial charge on any atom is 0.0726 e. The summed E-state index contributed by atoms with van der Waals surface area (Å²) in [6.07, 6.45) is 3.17. The highest BCUT2D eigenvalue weighted by Crippen LogP contribution is 2.25. The molecular formula is C14H14ClN3. The van der Waals surface area contributed by atoms with Crippen LogP contribution >= 0.6 is 11.6 Å². The molecule has 0 spiro atoms. The summed E-state index contributed by atoms with van der Waals surface area (Å²) < 4.78 is 0. The first-order valence-corrected chi connectivity index (χ1v) is 5.98. The van der Waals surface area contributed by atoms with Crippen molar-refractivity contribution in [1.82, 2.24) is 9.97 Å². The molecule has 0 radical (unpaired) electrons. The lowest BCUT2D eigenvalue weighted by Gasteiger charge is -2.10. The summed E-state index contributed by atoms with van der Waals surface area (Å²) in [7, 11) is 0. The van der Waals surface area contributed by atoms with Crippen LogP contribution in [0.4, 0.5) is 0 Å². The number of aromatic nitrogens is 2. The third kappa shape index (κ3) is 2.51. The van der Waals surface area contributed by atoms with Gasteiger partial charge in [-0.1, -0.05) is 17.7 Å². The number of hydrogen-bond donors (Lipinski definition) is 1. The third-order valence-electron chi connectivity index (χ3n) is 2.67. The maximum atomic E-state index is 5.99. The minimum atomic E-state index is 0.586. The Hall–Kier alpha value is -1.87. The molecular weight excluding hydrogens is 246 g/mol. The minimum Gasteiger partial charge on any atom is -0.404 e. The van der Waals surface area contributed by atoms with Crippen LogP contribution in [0.15, 0.2) is 36.7 Å². The predicted molar refractivity (Wildman–Crippen MR) is 74.2 cm³/mol. The van der Waals surface area contributed by atoms with Crippen LogP contribution in [0, 0.1) is 13.8 Å². The van der Waals surface area contributed by atoms with Crippen molar-refractivity contribution in [2.24, 2.45) is 5.73 Å². The summed E-state index contributed by atoms with van der Waals surface area (Å²) in [6, 6.07) is 7.67. The number of hydrogen-bond acceptors (Lipinski definition) is 3. The Bertz CT molecular complexity index is 606. The summed E-state index contributed by atoms with van der Waals surface area (Å²) in [5, 5.41) is 0.586. The van der Waals surface area contributed by atoms with E-state index < -0.39 is 0 Å². The molecule has 0 bridgehead atoms. The Morgan fingerprint density at radius 1 is 1.33 bits per heavy atom. The second-order valence-corrected chi connectivity index (χ2v) is 4.47. The van der Waals surface area contributed by atoms with E-state index in [1.165, 1.54) is 0 Å². The Kier molecular flexibility index (Phi) is 3.63. The molecule has 0 fully saturated rings. The second kappa shape index (κ2) is 5.19. The van der Waals surface area contributed by atoms with E-state index in [9.17, 15) is 0 Å². The predicted octanol–water partition coefficient (Wildman–Crippen LogP) is 3.09. The molecule has 4 heteroatoms. The van der Waals surface area contributed by atoms with Crippen molar-refractivity contribution in [3.8, 4) is 0 Å². The molecule has 0 saturated carbocycles. The van der Waals surface area contributed by atoms with Crippen molar-refractivity contribution in [3.63, 3.8) is 0 Å². The molecule has 2 rings (SSSR count). The first-order valence-electron chi connectivity index (χ1n) is 5.60. The fourth-order valence-corrected chi connectivity index (χ4v) is 1.94. The Labute approximate surface area is 111 Å². The molecule has 0 aliphatic heterocycles. The average molecular weight is 260 g/mol. The van der Waals surface area contributed by atoms with Gasteiger partial charge in [0.1, 0.15) is 0 Å². The topological polar surface area (TPSA) is 51.8 Å². The van der Waals surface area contributed by atoms with E-state index in [0.717, 1.165) is 28.2 Å². The standard InChI is InChI=1S/C14H14ClN3/c1-9-4-3-5-14(18-9)13(7-16)12-6-11(15)8-17-10(12)2/h3-8H,16H2,1-2H3/b13-7+. The van der Waals surface area contributed by atoms with Crippen LogP contribution in [0.2, 0.25) is 5.02 Å². The summed E-state index contributed by atoms with van der Waals surface area (Å²) in [5.74, 6) is 0. The van der Waals surface area contributed by atoms with Crippen LogP contribution in [-0.4, -0.2) is 9.97 Å². The molecule has 3 nitrogen and oxygen atoms in total. The van der Waals surface area contributed by atoms with E-state index in [1.807, 2.05) is 38.1 Å². The quantitative estimate of drug-likeness (QED) is 0.902. The largest absolute Gasteiger partial charge is 0.404 e. The van der Waals surface area contributed by atoms with Crippen LogP contribution in [0.1, 0.15) is 22.6 Å². The van der Waals surface area contributed by atoms with Crippen LogP contribution in [0.5, 0.6) is 0 Å². The van der Waals surface area contributed by atoms with Gasteiger partial charge in [0.15, 0.2) is 0 Å². The number of nitrogens with zero attached hydrogens (tertiary/aromatic N) is 2. The van der Waals surface area contributed by atoms with Gasteiger partial charge < -0.3 is 5.73 Å². The van der Waals surface area contributed by atoms with Gasteiger partial charge in [-0.25, -0.2) is 0 Å². The number of pyridine rings is 2. The van der Waals surface area contributed by atoms with E-state index in [-0.39, 0.29) is 0 Å². The van der Waals surface area contributed by atoms with Crippen molar-refractivity contribution in [1.29, 1.82) is 0 Å². The van der Waals surface area contributed by atoms with Gasteiger partial charge in [0.2, 0.25) is 0 Å². The molecule has 2 heterocycles. The number of aryl methyl sites for hydroxylation is 2. The molecule has 0 atom stereocenters. The zero-order chi connectivity index (χ0) is 13.1. The lowest BCUT2D eigenvalue weighted by molar-refractivity contribution is 1.14. The summed E-state index contributed by atoms with van der Waals surface area (Å²) in [5.41, 5.74) is 10.1. The lowest BCUT2D eigenvalue weighted by atomic mass is 10.0. The zero-order valence-corrected chi connectivity index (χ0v) is 11.1. The van der Waals surface area contributed by atoms with Gasteiger partial charge in [-0.2, -0.15) is 0 Å². The summed E-state index contributed by atoms with van der Waals surface area (Å²) in [6.45, 7) is 3.87. The van der Waals surface area contributed by atoms with Gasteiger partial charge in [0, 0.05) is 34.9 Å². The zero-order valence-electron chi connectivity index (χ0n) is 10.3. The molecule has 0 amide bonds. The molecule has 0 unspecified atom stereocenters. The number of halogens is 1. The highest BCUT2D eigenvalue weighted by atomic mass is 35.5. The molecule has 0 aliphatic carbocycles. The van der Waals surface area contributed by atoms with Crippen molar-refractivity contribution < 1.29 is 0 Å². The second-order valence-electron chi connectivity index (χ2n) is 4.03. The van der Waals surface area contributed by atoms with Crippen molar-refractivity contribution in [2.45, 2.75) is 13.8 Å². The van der Waals surface area contributed by atoms with Gasteiger partial charge >= 0.3 is 0 Å². The van der Waals surface area contributed by atoms with E-state index in [1.54, 1.807) is 12.4 Å². The fraction of sp³-hybridized carbons (Fsp3) is 0.143. The Morgan fingerprint density at radius 3 is 2.78 bits per heavy atom. The molecule has 2 aromatic rings.